The molecule has 0 atom stereocenters. The molecule has 4 heteroatoms. The quantitative estimate of drug-likeness (QED) is 0.892. The first-order valence-electron chi connectivity index (χ1n) is 4.85. The van der Waals surface area contributed by atoms with Crippen molar-refractivity contribution < 1.29 is 0 Å². The predicted octanol–water partition coefficient (Wildman–Crippen LogP) is 3.48. The minimum atomic E-state index is 0.856. The fourth-order valence-electron chi connectivity index (χ4n) is 1.29. The highest BCUT2D eigenvalue weighted by Gasteiger charge is 1.99. The van der Waals surface area contributed by atoms with Crippen molar-refractivity contribution in [3.05, 3.63) is 40.5 Å². The van der Waals surface area contributed by atoms with Crippen molar-refractivity contribution in [3.8, 4) is 0 Å². The van der Waals surface area contributed by atoms with Gasteiger partial charge in [0.25, 0.3) is 0 Å². The van der Waals surface area contributed by atoms with Crippen molar-refractivity contribution in [3.63, 3.8) is 0 Å². The topological polar surface area (TPSA) is 40.7 Å². The Balaban J connectivity index is 2.11. The number of H-pyrrole nitrogens is 1. The van der Waals surface area contributed by atoms with E-state index in [0.717, 1.165) is 28.1 Å². The average molecular weight is 266 g/mol. The standard InChI is InChI=1S/C11H12BrN3/c1-2-9-7-11(15-14-9)13-10-5-3-8(12)4-6-10/h3-7H,2H2,1H3,(H2,13,14,15). The van der Waals surface area contributed by atoms with Gasteiger partial charge in [0.2, 0.25) is 0 Å². The zero-order valence-corrected chi connectivity index (χ0v) is 10.0. The number of benzene rings is 1. The predicted molar refractivity (Wildman–Crippen MR) is 65.4 cm³/mol. The summed E-state index contributed by atoms with van der Waals surface area (Å²) in [7, 11) is 0. The third kappa shape index (κ3) is 2.59. The Hall–Kier alpha value is -1.29. The summed E-state index contributed by atoms with van der Waals surface area (Å²) >= 11 is 3.40. The molecule has 0 aliphatic heterocycles. The summed E-state index contributed by atoms with van der Waals surface area (Å²) in [6.07, 6.45) is 0.967. The normalized spacial score (nSPS) is 10.3. The summed E-state index contributed by atoms with van der Waals surface area (Å²) in [5.74, 6) is 0.856. The van der Waals surface area contributed by atoms with E-state index in [1.807, 2.05) is 30.3 Å². The molecule has 2 N–H and O–H groups in total. The number of nitrogens with one attached hydrogen (secondary N) is 2. The molecular formula is C11H12BrN3. The summed E-state index contributed by atoms with van der Waals surface area (Å²) in [5, 5.41) is 10.3. The van der Waals surface area contributed by atoms with E-state index in [1.54, 1.807) is 0 Å². The van der Waals surface area contributed by atoms with Crippen LogP contribution < -0.4 is 5.32 Å². The Labute approximate surface area is 97.0 Å². The van der Waals surface area contributed by atoms with E-state index in [0.29, 0.717) is 0 Å². The van der Waals surface area contributed by atoms with E-state index in [-0.39, 0.29) is 0 Å². The molecule has 0 unspecified atom stereocenters. The van der Waals surface area contributed by atoms with Crippen molar-refractivity contribution in [1.82, 2.24) is 10.2 Å². The van der Waals surface area contributed by atoms with Crippen LogP contribution in [0.2, 0.25) is 0 Å². The van der Waals surface area contributed by atoms with Gasteiger partial charge in [-0.05, 0) is 30.7 Å². The number of nitrogens with zero attached hydrogens (tertiary/aromatic N) is 1. The van der Waals surface area contributed by atoms with Crippen molar-refractivity contribution >= 4 is 27.4 Å². The van der Waals surface area contributed by atoms with Crippen molar-refractivity contribution in [2.24, 2.45) is 0 Å². The van der Waals surface area contributed by atoms with Gasteiger partial charge in [-0.3, -0.25) is 5.10 Å². The second kappa shape index (κ2) is 4.49. The first-order chi connectivity index (χ1) is 7.28. The van der Waals surface area contributed by atoms with E-state index in [2.05, 4.69) is 38.4 Å². The zero-order valence-electron chi connectivity index (χ0n) is 8.42. The van der Waals surface area contributed by atoms with Crippen molar-refractivity contribution in [1.29, 1.82) is 0 Å². The fraction of sp³-hybridized carbons (Fsp3) is 0.182. The third-order valence-electron chi connectivity index (χ3n) is 2.13. The number of aryl methyl sites for hydroxylation is 1. The highest BCUT2D eigenvalue weighted by molar-refractivity contribution is 9.10. The van der Waals surface area contributed by atoms with Crippen molar-refractivity contribution in [2.45, 2.75) is 13.3 Å². The van der Waals surface area contributed by atoms with Gasteiger partial charge in [0.1, 0.15) is 0 Å². The SMILES string of the molecule is CCc1cc(Nc2ccc(Br)cc2)n[nH]1. The molecule has 78 valence electrons. The molecule has 1 heterocycles. The highest BCUT2D eigenvalue weighted by Crippen LogP contribution is 2.18. The van der Waals surface area contributed by atoms with Crippen LogP contribution in [0.25, 0.3) is 0 Å². The maximum Gasteiger partial charge on any atom is 0.152 e. The summed E-state index contributed by atoms with van der Waals surface area (Å²) in [4.78, 5) is 0. The molecule has 0 bridgehead atoms. The largest absolute Gasteiger partial charge is 0.339 e. The minimum Gasteiger partial charge on any atom is -0.339 e. The van der Waals surface area contributed by atoms with E-state index in [1.165, 1.54) is 0 Å². The lowest BCUT2D eigenvalue weighted by Gasteiger charge is -2.01. The first-order valence-corrected chi connectivity index (χ1v) is 5.64. The molecule has 0 saturated heterocycles. The van der Waals surface area contributed by atoms with Gasteiger partial charge in [-0.25, -0.2) is 0 Å². The van der Waals surface area contributed by atoms with Crippen molar-refractivity contribution in [2.75, 3.05) is 5.32 Å². The fourth-order valence-corrected chi connectivity index (χ4v) is 1.55. The van der Waals surface area contributed by atoms with Gasteiger partial charge in [0.05, 0.1) is 0 Å². The number of rotatable bonds is 3. The molecule has 0 radical (unpaired) electrons. The van der Waals surface area contributed by atoms with Gasteiger partial charge in [0, 0.05) is 21.9 Å². The van der Waals surface area contributed by atoms with Crippen LogP contribution in [0.4, 0.5) is 11.5 Å². The lowest BCUT2D eigenvalue weighted by atomic mass is 10.3. The van der Waals surface area contributed by atoms with Crippen LogP contribution in [-0.4, -0.2) is 10.2 Å². The molecule has 3 nitrogen and oxygen atoms in total. The average Bonchev–Trinajstić information content (AvgIpc) is 2.69. The Kier molecular flexibility index (Phi) is 3.06. The van der Waals surface area contributed by atoms with Crippen LogP contribution in [0.3, 0.4) is 0 Å². The van der Waals surface area contributed by atoms with Crippen LogP contribution >= 0.6 is 15.9 Å². The number of halogens is 1. The zero-order chi connectivity index (χ0) is 10.7. The smallest absolute Gasteiger partial charge is 0.152 e. The van der Waals surface area contributed by atoms with E-state index >= 15 is 0 Å². The molecule has 1 aromatic heterocycles. The molecule has 0 fully saturated rings. The molecule has 0 spiro atoms. The van der Waals surface area contributed by atoms with Gasteiger partial charge >= 0.3 is 0 Å². The van der Waals surface area contributed by atoms with Gasteiger partial charge in [-0.2, -0.15) is 5.10 Å². The monoisotopic (exact) mass is 265 g/mol. The summed E-state index contributed by atoms with van der Waals surface area (Å²) < 4.78 is 1.07. The Morgan fingerprint density at radius 1 is 1.33 bits per heavy atom. The molecule has 2 aromatic rings. The summed E-state index contributed by atoms with van der Waals surface area (Å²) in [5.41, 5.74) is 2.17. The van der Waals surface area contributed by atoms with Crippen LogP contribution in [0.15, 0.2) is 34.8 Å². The van der Waals surface area contributed by atoms with Gasteiger partial charge in [0.15, 0.2) is 5.82 Å². The summed E-state index contributed by atoms with van der Waals surface area (Å²) in [6, 6.07) is 10.0. The van der Waals surface area contributed by atoms with Crippen LogP contribution in [-0.2, 0) is 6.42 Å². The number of anilines is 2. The molecule has 0 saturated carbocycles. The molecule has 0 aliphatic carbocycles. The minimum absolute atomic E-state index is 0.856. The van der Waals surface area contributed by atoms with Gasteiger partial charge in [-0.15, -0.1) is 0 Å². The maximum absolute atomic E-state index is 4.16. The van der Waals surface area contributed by atoms with Crippen LogP contribution in [0, 0.1) is 0 Å². The number of hydrogen-bond acceptors (Lipinski definition) is 2. The molecule has 15 heavy (non-hydrogen) atoms. The Bertz CT molecular complexity index is 433. The number of aromatic amines is 1. The van der Waals surface area contributed by atoms with E-state index < -0.39 is 0 Å². The molecule has 0 aliphatic rings. The lowest BCUT2D eigenvalue weighted by Crippen LogP contribution is -1.89. The second-order valence-electron chi connectivity index (χ2n) is 3.26. The van der Waals surface area contributed by atoms with Gasteiger partial charge < -0.3 is 5.32 Å². The highest BCUT2D eigenvalue weighted by atomic mass is 79.9. The van der Waals surface area contributed by atoms with Crippen LogP contribution in [0.5, 0.6) is 0 Å². The first kappa shape index (κ1) is 10.2. The second-order valence-corrected chi connectivity index (χ2v) is 4.18. The summed E-state index contributed by atoms with van der Waals surface area (Å²) in [6.45, 7) is 2.09. The molecule has 0 amide bonds. The Morgan fingerprint density at radius 2 is 2.07 bits per heavy atom. The maximum atomic E-state index is 4.16. The van der Waals surface area contributed by atoms with E-state index in [9.17, 15) is 0 Å². The molecular weight excluding hydrogens is 254 g/mol. The molecule has 2 rings (SSSR count). The van der Waals surface area contributed by atoms with Crippen LogP contribution in [0.1, 0.15) is 12.6 Å². The number of hydrogen-bond donors (Lipinski definition) is 2. The van der Waals surface area contributed by atoms with Gasteiger partial charge in [-0.1, -0.05) is 22.9 Å². The lowest BCUT2D eigenvalue weighted by molar-refractivity contribution is 0.976. The Morgan fingerprint density at radius 3 is 2.67 bits per heavy atom. The molecule has 1 aromatic carbocycles. The third-order valence-corrected chi connectivity index (χ3v) is 2.66. The van der Waals surface area contributed by atoms with E-state index in [4.69, 9.17) is 0 Å². The number of aromatic nitrogens is 2.